The highest BCUT2D eigenvalue weighted by molar-refractivity contribution is 5.93. The highest BCUT2D eigenvalue weighted by Crippen LogP contribution is 1.93. The largest absolute Gasteiger partial charge is 0.378 e. The first-order valence-corrected chi connectivity index (χ1v) is 6.18. The first-order chi connectivity index (χ1) is 9.00. The summed E-state index contributed by atoms with van der Waals surface area (Å²) >= 11 is 0. The Kier molecular flexibility index (Phi) is 6.24. The van der Waals surface area contributed by atoms with E-state index in [9.17, 15) is 9.59 Å². The number of amides is 1. The Morgan fingerprint density at radius 1 is 1.42 bits per heavy atom. The standard InChI is InChI=1S/C13H21N3O3/c1-15(2)7-9-19-8-5-14-13(18)11-4-6-16(3)12(17)10-11/h4,6,10H,5,7-9H2,1-3H3,(H,14,18). The first kappa shape index (κ1) is 15.4. The van der Waals surface area contributed by atoms with E-state index in [1.807, 2.05) is 19.0 Å². The van der Waals surface area contributed by atoms with E-state index in [0.29, 0.717) is 25.3 Å². The van der Waals surface area contributed by atoms with Gasteiger partial charge in [-0.05, 0) is 20.2 Å². The van der Waals surface area contributed by atoms with Gasteiger partial charge >= 0.3 is 0 Å². The lowest BCUT2D eigenvalue weighted by Gasteiger charge is -2.10. The van der Waals surface area contributed by atoms with Crippen LogP contribution >= 0.6 is 0 Å². The number of aryl methyl sites for hydroxylation is 1. The molecule has 0 aliphatic heterocycles. The van der Waals surface area contributed by atoms with Crippen LogP contribution in [-0.2, 0) is 11.8 Å². The van der Waals surface area contributed by atoms with Gasteiger partial charge in [0.25, 0.3) is 11.5 Å². The number of nitrogens with zero attached hydrogens (tertiary/aromatic N) is 2. The predicted molar refractivity (Wildman–Crippen MR) is 73.4 cm³/mol. The minimum Gasteiger partial charge on any atom is -0.378 e. The Balaban J connectivity index is 2.28. The van der Waals surface area contributed by atoms with Crippen molar-refractivity contribution in [3.8, 4) is 0 Å². The lowest BCUT2D eigenvalue weighted by molar-refractivity contribution is 0.0900. The number of carbonyl (C=O) groups excluding carboxylic acids is 1. The molecule has 6 nitrogen and oxygen atoms in total. The Hall–Kier alpha value is -1.66. The van der Waals surface area contributed by atoms with Gasteiger partial charge in [0.15, 0.2) is 0 Å². The molecular formula is C13H21N3O3. The molecule has 1 N–H and O–H groups in total. The van der Waals surface area contributed by atoms with Crippen molar-refractivity contribution in [3.63, 3.8) is 0 Å². The molecule has 1 heterocycles. The average molecular weight is 267 g/mol. The van der Waals surface area contributed by atoms with E-state index in [4.69, 9.17) is 4.74 Å². The first-order valence-electron chi connectivity index (χ1n) is 6.18. The number of hydrogen-bond donors (Lipinski definition) is 1. The van der Waals surface area contributed by atoms with Crippen LogP contribution in [0.4, 0.5) is 0 Å². The molecule has 1 aromatic rings. The SMILES string of the molecule is CN(C)CCOCCNC(=O)c1ccn(C)c(=O)c1. The third-order valence-corrected chi connectivity index (χ3v) is 2.58. The second-order valence-electron chi connectivity index (χ2n) is 4.54. The highest BCUT2D eigenvalue weighted by Gasteiger charge is 2.05. The van der Waals surface area contributed by atoms with Crippen LogP contribution in [0.1, 0.15) is 10.4 Å². The number of pyridine rings is 1. The Morgan fingerprint density at radius 2 is 2.16 bits per heavy atom. The molecule has 0 atom stereocenters. The molecule has 0 saturated carbocycles. The maximum absolute atomic E-state index is 11.7. The molecule has 0 radical (unpaired) electrons. The van der Waals surface area contributed by atoms with E-state index in [2.05, 4.69) is 5.32 Å². The molecule has 0 fully saturated rings. The molecule has 0 aliphatic rings. The van der Waals surface area contributed by atoms with Crippen LogP contribution in [0.3, 0.4) is 0 Å². The van der Waals surface area contributed by atoms with E-state index in [-0.39, 0.29) is 11.5 Å². The number of carbonyl (C=O) groups is 1. The van der Waals surface area contributed by atoms with Crippen LogP contribution in [-0.4, -0.2) is 55.8 Å². The van der Waals surface area contributed by atoms with E-state index >= 15 is 0 Å². The lowest BCUT2D eigenvalue weighted by atomic mass is 10.2. The Bertz CT molecular complexity index is 468. The van der Waals surface area contributed by atoms with Gasteiger partial charge in [0.05, 0.1) is 13.2 Å². The molecular weight excluding hydrogens is 246 g/mol. The molecule has 1 rings (SSSR count). The summed E-state index contributed by atoms with van der Waals surface area (Å²) in [6.45, 7) is 2.38. The molecule has 106 valence electrons. The molecule has 0 spiro atoms. The summed E-state index contributed by atoms with van der Waals surface area (Å²) in [6.07, 6.45) is 1.57. The summed E-state index contributed by atoms with van der Waals surface area (Å²) in [7, 11) is 5.59. The summed E-state index contributed by atoms with van der Waals surface area (Å²) in [5.41, 5.74) is 0.172. The van der Waals surface area contributed by atoms with E-state index in [0.717, 1.165) is 6.54 Å². The molecule has 1 aromatic heterocycles. The number of nitrogens with one attached hydrogen (secondary N) is 1. The topological polar surface area (TPSA) is 63.6 Å². The highest BCUT2D eigenvalue weighted by atomic mass is 16.5. The zero-order valence-electron chi connectivity index (χ0n) is 11.7. The predicted octanol–water partition coefficient (Wildman–Crippen LogP) is -0.307. The molecule has 0 unspecified atom stereocenters. The molecule has 0 saturated heterocycles. The van der Waals surface area contributed by atoms with Crippen LogP contribution in [0.15, 0.2) is 23.1 Å². The Labute approximate surface area is 113 Å². The number of aromatic nitrogens is 1. The van der Waals surface area contributed by atoms with Crippen molar-refractivity contribution >= 4 is 5.91 Å². The van der Waals surface area contributed by atoms with E-state index < -0.39 is 0 Å². The number of rotatable bonds is 7. The van der Waals surface area contributed by atoms with Crippen molar-refractivity contribution in [1.29, 1.82) is 0 Å². The van der Waals surface area contributed by atoms with Gasteiger partial charge in [-0.25, -0.2) is 0 Å². The fraction of sp³-hybridized carbons (Fsp3) is 0.538. The quantitative estimate of drug-likeness (QED) is 0.689. The smallest absolute Gasteiger partial charge is 0.251 e. The summed E-state index contributed by atoms with van der Waals surface area (Å²) in [5.74, 6) is -0.256. The second kappa shape index (κ2) is 7.70. The fourth-order valence-electron chi connectivity index (χ4n) is 1.38. The van der Waals surface area contributed by atoms with Crippen LogP contribution in [0.25, 0.3) is 0 Å². The van der Waals surface area contributed by atoms with Crippen LogP contribution in [0, 0.1) is 0 Å². The van der Waals surface area contributed by atoms with Crippen molar-refractivity contribution < 1.29 is 9.53 Å². The van der Waals surface area contributed by atoms with Gasteiger partial charge in [-0.3, -0.25) is 9.59 Å². The van der Waals surface area contributed by atoms with Crippen molar-refractivity contribution in [2.45, 2.75) is 0 Å². The van der Waals surface area contributed by atoms with Gasteiger partial charge < -0.3 is 19.5 Å². The molecule has 1 amide bonds. The normalized spacial score (nSPS) is 10.7. The number of hydrogen-bond acceptors (Lipinski definition) is 4. The van der Waals surface area contributed by atoms with Crippen LogP contribution < -0.4 is 10.9 Å². The zero-order chi connectivity index (χ0) is 14.3. The number of ether oxygens (including phenoxy) is 1. The van der Waals surface area contributed by atoms with Crippen molar-refractivity contribution in [1.82, 2.24) is 14.8 Å². The van der Waals surface area contributed by atoms with Gasteiger partial charge in [-0.15, -0.1) is 0 Å². The maximum atomic E-state index is 11.7. The van der Waals surface area contributed by atoms with E-state index in [1.165, 1.54) is 10.6 Å². The molecule has 6 heteroatoms. The van der Waals surface area contributed by atoms with Gasteiger partial charge in [0, 0.05) is 38.0 Å². The Morgan fingerprint density at radius 3 is 2.79 bits per heavy atom. The zero-order valence-corrected chi connectivity index (χ0v) is 11.7. The minimum absolute atomic E-state index is 0.199. The van der Waals surface area contributed by atoms with Crippen molar-refractivity contribution in [2.24, 2.45) is 7.05 Å². The van der Waals surface area contributed by atoms with Gasteiger partial charge in [0.2, 0.25) is 0 Å². The summed E-state index contributed by atoms with van der Waals surface area (Å²) in [5, 5.41) is 2.71. The summed E-state index contributed by atoms with van der Waals surface area (Å²) in [6, 6.07) is 2.94. The summed E-state index contributed by atoms with van der Waals surface area (Å²) in [4.78, 5) is 25.1. The van der Waals surface area contributed by atoms with E-state index in [1.54, 1.807) is 19.3 Å². The lowest BCUT2D eigenvalue weighted by Crippen LogP contribution is -2.29. The van der Waals surface area contributed by atoms with Crippen LogP contribution in [0.2, 0.25) is 0 Å². The maximum Gasteiger partial charge on any atom is 0.251 e. The average Bonchev–Trinajstić information content (AvgIpc) is 2.36. The number of likely N-dealkylation sites (N-methyl/N-ethyl adjacent to an activating group) is 1. The van der Waals surface area contributed by atoms with Crippen molar-refractivity contribution in [3.05, 3.63) is 34.2 Å². The van der Waals surface area contributed by atoms with Crippen LogP contribution in [0.5, 0.6) is 0 Å². The van der Waals surface area contributed by atoms with Gasteiger partial charge in [0.1, 0.15) is 0 Å². The molecule has 0 aliphatic carbocycles. The minimum atomic E-state index is -0.256. The molecule has 0 bridgehead atoms. The van der Waals surface area contributed by atoms with Crippen molar-refractivity contribution in [2.75, 3.05) is 40.4 Å². The fourth-order valence-corrected chi connectivity index (χ4v) is 1.38. The summed E-state index contributed by atoms with van der Waals surface area (Å²) < 4.78 is 6.77. The van der Waals surface area contributed by atoms with Gasteiger partial charge in [-0.2, -0.15) is 0 Å². The monoisotopic (exact) mass is 267 g/mol. The third kappa shape index (κ3) is 5.67. The third-order valence-electron chi connectivity index (χ3n) is 2.58. The second-order valence-corrected chi connectivity index (χ2v) is 4.54. The molecule has 0 aromatic carbocycles. The van der Waals surface area contributed by atoms with Gasteiger partial charge in [-0.1, -0.05) is 0 Å². The molecule has 19 heavy (non-hydrogen) atoms.